The van der Waals surface area contributed by atoms with Crippen molar-refractivity contribution in [2.24, 2.45) is 0 Å². The monoisotopic (exact) mass is 572 g/mol. The standard InChI is InChI=1S/C26H26N4O2S.C2HF3O2/c31-26(32)25-23-7-6-20-16-28-13-9-22(20)24(23)29-30(25)14-1-11-27-12-8-18-2-4-19(5-3-18)21-10-15-33-17-21;3-2(4,5)1(6)7/h2-5,9-10,13,15-17,27H,1,6-8,11-12,14H2,(H,31,32);(H,6,7). The number of carboxylic acid groups (broad SMARTS) is 2. The molecular weight excluding hydrogens is 545 g/mol. The minimum Gasteiger partial charge on any atom is -0.477 e. The number of carboxylic acids is 2. The third-order valence-corrected chi connectivity index (χ3v) is 7.10. The summed E-state index contributed by atoms with van der Waals surface area (Å²) in [5.41, 5.74) is 7.96. The second-order valence-corrected chi connectivity index (χ2v) is 9.88. The number of fused-ring (bicyclic) bond motifs is 3. The molecule has 4 aromatic rings. The minimum atomic E-state index is -5.08. The van der Waals surface area contributed by atoms with Gasteiger partial charge in [-0.1, -0.05) is 24.3 Å². The quantitative estimate of drug-likeness (QED) is 0.232. The average Bonchev–Trinajstić information content (AvgIpc) is 3.59. The first-order chi connectivity index (χ1) is 19.1. The van der Waals surface area contributed by atoms with Crippen molar-refractivity contribution in [2.75, 3.05) is 13.1 Å². The Hall–Kier alpha value is -4.03. The average molecular weight is 573 g/mol. The zero-order valence-electron chi connectivity index (χ0n) is 21.3. The third-order valence-electron chi connectivity index (χ3n) is 6.42. The largest absolute Gasteiger partial charge is 0.490 e. The molecule has 0 saturated heterocycles. The summed E-state index contributed by atoms with van der Waals surface area (Å²) in [4.78, 5) is 25.1. The highest BCUT2D eigenvalue weighted by Gasteiger charge is 2.38. The number of aromatic carboxylic acids is 1. The maximum absolute atomic E-state index is 12.0. The molecule has 40 heavy (non-hydrogen) atoms. The first-order valence-electron chi connectivity index (χ1n) is 12.5. The number of halogens is 3. The van der Waals surface area contributed by atoms with Crippen LogP contribution in [-0.4, -0.2) is 56.2 Å². The van der Waals surface area contributed by atoms with Gasteiger partial charge in [-0.15, -0.1) is 0 Å². The summed E-state index contributed by atoms with van der Waals surface area (Å²) < 4.78 is 33.4. The van der Waals surface area contributed by atoms with E-state index in [1.54, 1.807) is 22.2 Å². The maximum atomic E-state index is 12.0. The van der Waals surface area contributed by atoms with Gasteiger partial charge in [0.2, 0.25) is 0 Å². The number of benzene rings is 1. The Labute approximate surface area is 232 Å². The van der Waals surface area contributed by atoms with Crippen LogP contribution in [0.15, 0.2) is 59.6 Å². The molecule has 210 valence electrons. The number of hydrogen-bond donors (Lipinski definition) is 3. The van der Waals surface area contributed by atoms with Crippen LogP contribution in [0.4, 0.5) is 13.2 Å². The van der Waals surface area contributed by atoms with Gasteiger partial charge in [0.25, 0.3) is 0 Å². The zero-order valence-corrected chi connectivity index (χ0v) is 22.1. The van der Waals surface area contributed by atoms with Gasteiger partial charge in [-0.25, -0.2) is 9.59 Å². The van der Waals surface area contributed by atoms with E-state index in [0.717, 1.165) is 54.7 Å². The molecule has 0 fully saturated rings. The van der Waals surface area contributed by atoms with Crippen molar-refractivity contribution < 1.29 is 33.0 Å². The number of aliphatic carboxylic acids is 1. The lowest BCUT2D eigenvalue weighted by Gasteiger charge is -2.14. The second kappa shape index (κ2) is 12.9. The van der Waals surface area contributed by atoms with Crippen molar-refractivity contribution >= 4 is 23.3 Å². The van der Waals surface area contributed by atoms with Crippen LogP contribution in [0.2, 0.25) is 0 Å². The Morgan fingerprint density at radius 3 is 2.42 bits per heavy atom. The molecule has 0 unspecified atom stereocenters. The van der Waals surface area contributed by atoms with Gasteiger partial charge in [-0.2, -0.15) is 29.6 Å². The van der Waals surface area contributed by atoms with Crippen LogP contribution in [0, 0.1) is 0 Å². The van der Waals surface area contributed by atoms with E-state index in [-0.39, 0.29) is 0 Å². The number of aryl methyl sites for hydroxylation is 2. The summed E-state index contributed by atoms with van der Waals surface area (Å²) in [6, 6.07) is 12.8. The Balaban J connectivity index is 0.000000470. The van der Waals surface area contributed by atoms with Crippen LogP contribution in [0.3, 0.4) is 0 Å². The molecule has 0 amide bonds. The highest BCUT2D eigenvalue weighted by molar-refractivity contribution is 7.08. The topological polar surface area (TPSA) is 117 Å². The van der Waals surface area contributed by atoms with E-state index >= 15 is 0 Å². The molecule has 12 heteroatoms. The molecule has 1 aromatic carbocycles. The van der Waals surface area contributed by atoms with Crippen molar-refractivity contribution in [3.8, 4) is 22.4 Å². The van der Waals surface area contributed by atoms with Gasteiger partial charge >= 0.3 is 18.1 Å². The number of carbonyl (C=O) groups is 2. The number of aromatic nitrogens is 3. The van der Waals surface area contributed by atoms with Crippen molar-refractivity contribution in [3.05, 3.63) is 81.9 Å². The predicted octanol–water partition coefficient (Wildman–Crippen LogP) is 5.33. The smallest absolute Gasteiger partial charge is 0.477 e. The van der Waals surface area contributed by atoms with Gasteiger partial charge in [0.15, 0.2) is 0 Å². The van der Waals surface area contributed by atoms with Crippen LogP contribution in [0.1, 0.15) is 33.6 Å². The Morgan fingerprint density at radius 2 is 1.77 bits per heavy atom. The molecule has 3 heterocycles. The molecule has 3 aromatic heterocycles. The summed E-state index contributed by atoms with van der Waals surface area (Å²) in [5.74, 6) is -3.66. The van der Waals surface area contributed by atoms with E-state index in [1.165, 1.54) is 16.7 Å². The molecular formula is C28H27F3N4O4S. The van der Waals surface area contributed by atoms with Gasteiger partial charge in [-0.3, -0.25) is 9.67 Å². The number of pyridine rings is 1. The number of rotatable bonds is 9. The highest BCUT2D eigenvalue weighted by atomic mass is 32.1. The zero-order chi connectivity index (χ0) is 28.7. The molecule has 3 N–H and O–H groups in total. The molecule has 0 saturated carbocycles. The molecule has 1 aliphatic rings. The third kappa shape index (κ3) is 7.13. The Bertz CT molecular complexity index is 1450. The molecule has 0 spiro atoms. The van der Waals surface area contributed by atoms with Gasteiger partial charge in [0.1, 0.15) is 5.69 Å². The maximum Gasteiger partial charge on any atom is 0.490 e. The molecule has 1 aliphatic carbocycles. The summed E-state index contributed by atoms with van der Waals surface area (Å²) in [6.07, 6.45) is 1.80. The fourth-order valence-electron chi connectivity index (χ4n) is 4.47. The first kappa shape index (κ1) is 29.0. The lowest BCUT2D eigenvalue weighted by molar-refractivity contribution is -0.192. The molecule has 8 nitrogen and oxygen atoms in total. The van der Waals surface area contributed by atoms with E-state index in [2.05, 4.69) is 56.5 Å². The van der Waals surface area contributed by atoms with E-state index < -0.39 is 18.1 Å². The van der Waals surface area contributed by atoms with E-state index in [9.17, 15) is 23.1 Å². The molecule has 5 rings (SSSR count). The van der Waals surface area contributed by atoms with Crippen LogP contribution >= 0.6 is 11.3 Å². The van der Waals surface area contributed by atoms with E-state index in [0.29, 0.717) is 18.7 Å². The van der Waals surface area contributed by atoms with Gasteiger partial charge < -0.3 is 15.5 Å². The summed E-state index contributed by atoms with van der Waals surface area (Å²) in [5, 5.41) is 29.4. The van der Waals surface area contributed by atoms with Gasteiger partial charge in [-0.05, 0) is 83.9 Å². The van der Waals surface area contributed by atoms with Gasteiger partial charge in [0.05, 0.1) is 5.69 Å². The first-order valence-corrected chi connectivity index (χ1v) is 13.5. The number of thiophene rings is 1. The van der Waals surface area contributed by atoms with E-state index in [4.69, 9.17) is 9.90 Å². The van der Waals surface area contributed by atoms with Crippen molar-refractivity contribution in [2.45, 2.75) is 38.4 Å². The fourth-order valence-corrected chi connectivity index (χ4v) is 5.14. The summed E-state index contributed by atoms with van der Waals surface area (Å²) in [6.45, 7) is 2.29. The lowest BCUT2D eigenvalue weighted by Crippen LogP contribution is -2.21. The molecule has 0 radical (unpaired) electrons. The highest BCUT2D eigenvalue weighted by Crippen LogP contribution is 2.34. The van der Waals surface area contributed by atoms with Crippen LogP contribution in [-0.2, 0) is 30.6 Å². The summed E-state index contributed by atoms with van der Waals surface area (Å²) >= 11 is 1.71. The molecule has 0 atom stereocenters. The van der Waals surface area contributed by atoms with Crippen LogP contribution < -0.4 is 5.32 Å². The van der Waals surface area contributed by atoms with Crippen LogP contribution in [0.5, 0.6) is 0 Å². The Morgan fingerprint density at radius 1 is 1.02 bits per heavy atom. The minimum absolute atomic E-state index is 0.332. The van der Waals surface area contributed by atoms with E-state index in [1.807, 2.05) is 12.3 Å². The summed E-state index contributed by atoms with van der Waals surface area (Å²) in [7, 11) is 0. The van der Waals surface area contributed by atoms with Crippen molar-refractivity contribution in [1.82, 2.24) is 20.1 Å². The fraction of sp³-hybridized carbons (Fsp3) is 0.286. The Kier molecular flexibility index (Phi) is 9.33. The predicted molar refractivity (Wildman–Crippen MR) is 144 cm³/mol. The number of nitrogens with one attached hydrogen (secondary N) is 1. The second-order valence-electron chi connectivity index (χ2n) is 9.10. The van der Waals surface area contributed by atoms with Crippen molar-refractivity contribution in [3.63, 3.8) is 0 Å². The van der Waals surface area contributed by atoms with Crippen LogP contribution in [0.25, 0.3) is 22.4 Å². The normalized spacial score (nSPS) is 12.2. The van der Waals surface area contributed by atoms with Gasteiger partial charge in [0, 0.05) is 30.1 Å². The number of alkyl halides is 3. The number of nitrogens with zero attached hydrogens (tertiary/aromatic N) is 3. The molecule has 0 bridgehead atoms. The number of hydrogen-bond acceptors (Lipinski definition) is 6. The van der Waals surface area contributed by atoms with Crippen molar-refractivity contribution in [1.29, 1.82) is 0 Å². The SMILES string of the molecule is O=C(O)C(F)(F)F.O=C(O)c1c2c(nn1CCCNCCc1ccc(-c3ccsc3)cc1)-c1ccncc1CC2. The molecule has 0 aliphatic heterocycles. The lowest BCUT2D eigenvalue weighted by atomic mass is 9.90.